The Bertz CT molecular complexity index is 770. The van der Waals surface area contributed by atoms with Crippen LogP contribution in [0.25, 0.3) is 0 Å². The van der Waals surface area contributed by atoms with Gasteiger partial charge in [-0.3, -0.25) is 4.79 Å². The third-order valence-corrected chi connectivity index (χ3v) is 4.43. The predicted molar refractivity (Wildman–Crippen MR) is 101 cm³/mol. The maximum Gasteiger partial charge on any atom is 0.274 e. The van der Waals surface area contributed by atoms with Crippen molar-refractivity contribution in [3.63, 3.8) is 0 Å². The molecule has 3 rings (SSSR count). The molecule has 2 aromatic rings. The van der Waals surface area contributed by atoms with Gasteiger partial charge in [0.15, 0.2) is 0 Å². The Hall–Kier alpha value is -2.69. The van der Waals surface area contributed by atoms with Crippen LogP contribution in [0.4, 0.5) is 11.5 Å². The summed E-state index contributed by atoms with van der Waals surface area (Å²) < 4.78 is 0. The highest BCUT2D eigenvalue weighted by atomic mass is 16.1. The van der Waals surface area contributed by atoms with Crippen molar-refractivity contribution in [2.24, 2.45) is 0 Å². The van der Waals surface area contributed by atoms with E-state index in [2.05, 4.69) is 26.7 Å². The van der Waals surface area contributed by atoms with Gasteiger partial charge in [-0.15, -0.1) is 0 Å². The second-order valence-electron chi connectivity index (χ2n) is 6.34. The molecular formula is C20H24N4O. The summed E-state index contributed by atoms with van der Waals surface area (Å²) in [7, 11) is 0. The van der Waals surface area contributed by atoms with Gasteiger partial charge in [0.1, 0.15) is 17.8 Å². The fourth-order valence-corrected chi connectivity index (χ4v) is 2.96. The molecule has 0 radical (unpaired) electrons. The Morgan fingerprint density at radius 3 is 2.88 bits per heavy atom. The molecule has 5 heteroatoms. The van der Waals surface area contributed by atoms with E-state index in [1.807, 2.05) is 31.2 Å². The van der Waals surface area contributed by atoms with Crippen molar-refractivity contribution in [3.05, 3.63) is 59.6 Å². The smallest absolute Gasteiger partial charge is 0.274 e. The van der Waals surface area contributed by atoms with Gasteiger partial charge in [0.05, 0.1) is 0 Å². The number of para-hydroxylation sites is 1. The minimum atomic E-state index is -0.227. The molecule has 0 unspecified atom stereocenters. The quantitative estimate of drug-likeness (QED) is 0.770. The van der Waals surface area contributed by atoms with Gasteiger partial charge >= 0.3 is 0 Å². The van der Waals surface area contributed by atoms with E-state index in [1.165, 1.54) is 37.6 Å². The Labute approximate surface area is 148 Å². The first-order valence-corrected chi connectivity index (χ1v) is 8.83. The zero-order valence-corrected chi connectivity index (χ0v) is 14.6. The van der Waals surface area contributed by atoms with E-state index in [9.17, 15) is 4.79 Å². The summed E-state index contributed by atoms with van der Waals surface area (Å²) in [6.45, 7) is 2.78. The van der Waals surface area contributed by atoms with E-state index in [0.29, 0.717) is 11.5 Å². The molecule has 1 aliphatic rings. The highest BCUT2D eigenvalue weighted by Crippen LogP contribution is 2.20. The molecule has 5 nitrogen and oxygen atoms in total. The van der Waals surface area contributed by atoms with E-state index in [4.69, 9.17) is 0 Å². The van der Waals surface area contributed by atoms with Crippen LogP contribution in [0.5, 0.6) is 0 Å². The molecule has 0 aliphatic heterocycles. The number of nitrogens with zero attached hydrogens (tertiary/aromatic N) is 2. The third kappa shape index (κ3) is 4.89. The fourth-order valence-electron chi connectivity index (χ4n) is 2.96. The number of hydrogen-bond acceptors (Lipinski definition) is 4. The van der Waals surface area contributed by atoms with E-state index in [-0.39, 0.29) is 5.91 Å². The average molecular weight is 336 g/mol. The van der Waals surface area contributed by atoms with Gasteiger partial charge in [-0.25, -0.2) is 9.97 Å². The molecule has 1 aliphatic carbocycles. The molecule has 0 spiro atoms. The molecule has 1 heterocycles. The summed E-state index contributed by atoms with van der Waals surface area (Å²) in [5, 5.41) is 6.19. The van der Waals surface area contributed by atoms with Gasteiger partial charge < -0.3 is 10.6 Å². The molecule has 0 bridgehead atoms. The summed E-state index contributed by atoms with van der Waals surface area (Å²) >= 11 is 0. The van der Waals surface area contributed by atoms with Gasteiger partial charge in [-0.05, 0) is 50.7 Å². The van der Waals surface area contributed by atoms with Crippen molar-refractivity contribution in [1.29, 1.82) is 0 Å². The predicted octanol–water partition coefficient (Wildman–Crippen LogP) is 4.34. The molecule has 1 amide bonds. The zero-order valence-electron chi connectivity index (χ0n) is 14.6. The number of amides is 1. The van der Waals surface area contributed by atoms with Crippen LogP contribution < -0.4 is 10.6 Å². The number of carbonyl (C=O) groups excluding carboxylic acids is 1. The molecule has 0 atom stereocenters. The average Bonchev–Trinajstić information content (AvgIpc) is 2.65. The number of allylic oxidation sites excluding steroid dienone is 1. The number of benzene rings is 1. The summed E-state index contributed by atoms with van der Waals surface area (Å²) in [6, 6.07) is 9.38. The number of rotatable bonds is 6. The monoisotopic (exact) mass is 336 g/mol. The molecule has 130 valence electrons. The van der Waals surface area contributed by atoms with Gasteiger partial charge in [-0.1, -0.05) is 29.8 Å². The summed E-state index contributed by atoms with van der Waals surface area (Å²) in [6.07, 6.45) is 9.81. The zero-order chi connectivity index (χ0) is 17.5. The second-order valence-corrected chi connectivity index (χ2v) is 6.34. The Balaban J connectivity index is 1.58. The SMILES string of the molecule is Cc1ccccc1NC(=O)c1cc(NCCC2=CCCCC2)ncn1. The van der Waals surface area contributed by atoms with Crippen LogP contribution in [0.15, 0.2) is 48.3 Å². The fraction of sp³-hybridized carbons (Fsp3) is 0.350. The minimum absolute atomic E-state index is 0.227. The summed E-state index contributed by atoms with van der Waals surface area (Å²) in [5.74, 6) is 0.455. The topological polar surface area (TPSA) is 66.9 Å². The van der Waals surface area contributed by atoms with Gasteiger partial charge in [0, 0.05) is 18.3 Å². The summed E-state index contributed by atoms with van der Waals surface area (Å²) in [5.41, 5.74) is 3.69. The highest BCUT2D eigenvalue weighted by Gasteiger charge is 2.10. The lowest BCUT2D eigenvalue weighted by Gasteiger charge is -2.13. The van der Waals surface area contributed by atoms with Crippen molar-refractivity contribution in [1.82, 2.24) is 9.97 Å². The van der Waals surface area contributed by atoms with Crippen LogP contribution in [0.3, 0.4) is 0 Å². The number of anilines is 2. The number of carbonyl (C=O) groups is 1. The lowest BCUT2D eigenvalue weighted by atomic mass is 9.97. The first-order valence-electron chi connectivity index (χ1n) is 8.83. The van der Waals surface area contributed by atoms with Crippen LogP contribution in [0, 0.1) is 6.92 Å². The molecule has 0 saturated carbocycles. The standard InChI is InChI=1S/C20H24N4O/c1-15-7-5-6-10-17(15)24-20(25)18-13-19(23-14-22-18)21-12-11-16-8-3-2-4-9-16/h5-8,10,13-14H,2-4,9,11-12H2,1H3,(H,24,25)(H,21,22,23). The van der Waals surface area contributed by atoms with Gasteiger partial charge in [0.25, 0.3) is 5.91 Å². The lowest BCUT2D eigenvalue weighted by molar-refractivity contribution is 0.102. The Morgan fingerprint density at radius 2 is 2.08 bits per heavy atom. The van der Waals surface area contributed by atoms with E-state index >= 15 is 0 Å². The van der Waals surface area contributed by atoms with Crippen molar-refractivity contribution in [2.45, 2.75) is 39.0 Å². The normalized spacial score (nSPS) is 13.9. The molecule has 25 heavy (non-hydrogen) atoms. The molecular weight excluding hydrogens is 312 g/mol. The Morgan fingerprint density at radius 1 is 1.20 bits per heavy atom. The van der Waals surface area contributed by atoms with E-state index < -0.39 is 0 Å². The molecule has 0 fully saturated rings. The van der Waals surface area contributed by atoms with Crippen molar-refractivity contribution >= 4 is 17.4 Å². The number of aromatic nitrogens is 2. The molecule has 0 saturated heterocycles. The van der Waals surface area contributed by atoms with E-state index in [1.54, 1.807) is 6.07 Å². The van der Waals surface area contributed by atoms with Crippen LogP contribution in [0.2, 0.25) is 0 Å². The summed E-state index contributed by atoms with van der Waals surface area (Å²) in [4.78, 5) is 20.7. The molecule has 1 aromatic heterocycles. The van der Waals surface area contributed by atoms with Crippen molar-refractivity contribution in [3.8, 4) is 0 Å². The highest BCUT2D eigenvalue weighted by molar-refractivity contribution is 6.03. The second kappa shape index (κ2) is 8.42. The number of hydrogen-bond donors (Lipinski definition) is 2. The lowest BCUT2D eigenvalue weighted by Crippen LogP contribution is -2.15. The van der Waals surface area contributed by atoms with Crippen molar-refractivity contribution in [2.75, 3.05) is 17.2 Å². The van der Waals surface area contributed by atoms with Gasteiger partial charge in [-0.2, -0.15) is 0 Å². The Kier molecular flexibility index (Phi) is 5.77. The van der Waals surface area contributed by atoms with Crippen LogP contribution >= 0.6 is 0 Å². The van der Waals surface area contributed by atoms with E-state index in [0.717, 1.165) is 24.2 Å². The maximum atomic E-state index is 12.4. The van der Waals surface area contributed by atoms with Crippen LogP contribution in [0.1, 0.15) is 48.2 Å². The van der Waals surface area contributed by atoms with Crippen molar-refractivity contribution < 1.29 is 4.79 Å². The number of aryl methyl sites for hydroxylation is 1. The molecule has 2 N–H and O–H groups in total. The molecule has 1 aromatic carbocycles. The largest absolute Gasteiger partial charge is 0.370 e. The van der Waals surface area contributed by atoms with Crippen LogP contribution in [-0.2, 0) is 0 Å². The van der Waals surface area contributed by atoms with Crippen LogP contribution in [-0.4, -0.2) is 22.4 Å². The van der Waals surface area contributed by atoms with Gasteiger partial charge in [0.2, 0.25) is 0 Å². The first-order chi connectivity index (χ1) is 12.2. The third-order valence-electron chi connectivity index (χ3n) is 4.43. The first kappa shape index (κ1) is 17.1. The minimum Gasteiger partial charge on any atom is -0.370 e. The maximum absolute atomic E-state index is 12.4. The number of nitrogens with one attached hydrogen (secondary N) is 2.